The number of nitrogens with one attached hydrogen (secondary N) is 1. The lowest BCUT2D eigenvalue weighted by molar-refractivity contribution is -0.119. The highest BCUT2D eigenvalue weighted by molar-refractivity contribution is 6.01. The molecule has 0 heterocycles. The van der Waals surface area contributed by atoms with Gasteiger partial charge in [0.15, 0.2) is 5.78 Å². The van der Waals surface area contributed by atoms with Gasteiger partial charge < -0.3 is 10.1 Å². The normalized spacial score (nSPS) is 25.0. The fraction of sp³-hybridized carbons (Fsp3) is 0.455. The molecule has 0 aliphatic heterocycles. The molecule has 1 unspecified atom stereocenters. The molecule has 0 aromatic rings. The average molecular weight is 209 g/mol. The summed E-state index contributed by atoms with van der Waals surface area (Å²) in [5.74, 6) is -0.348. The Morgan fingerprint density at radius 1 is 1.60 bits per heavy atom. The van der Waals surface area contributed by atoms with Crippen LogP contribution in [0.25, 0.3) is 0 Å². The molecule has 4 heteroatoms. The number of methoxy groups -OCH3 is 1. The molecule has 0 bridgehead atoms. The monoisotopic (exact) mass is 209 g/mol. The van der Waals surface area contributed by atoms with Crippen molar-refractivity contribution in [3.05, 3.63) is 23.9 Å². The molecule has 1 aliphatic rings. The maximum Gasteiger partial charge on any atom is 0.221 e. The van der Waals surface area contributed by atoms with Gasteiger partial charge in [-0.1, -0.05) is 6.92 Å². The molecule has 0 saturated carbocycles. The van der Waals surface area contributed by atoms with Crippen LogP contribution in [0.4, 0.5) is 0 Å². The second kappa shape index (κ2) is 4.40. The Labute approximate surface area is 89.0 Å². The molecule has 15 heavy (non-hydrogen) atoms. The Bertz CT molecular complexity index is 338. The minimum atomic E-state index is -0.681. The zero-order valence-corrected chi connectivity index (χ0v) is 9.16. The van der Waals surface area contributed by atoms with E-state index in [9.17, 15) is 9.59 Å². The predicted octanol–water partition coefficient (Wildman–Crippen LogP) is 0.940. The van der Waals surface area contributed by atoms with Gasteiger partial charge in [0.25, 0.3) is 0 Å². The molecule has 1 aliphatic carbocycles. The highest BCUT2D eigenvalue weighted by atomic mass is 16.5. The first-order valence-electron chi connectivity index (χ1n) is 4.82. The molecule has 82 valence electrons. The number of ether oxygens (including phenoxy) is 1. The molecule has 4 nitrogen and oxygen atoms in total. The van der Waals surface area contributed by atoms with Crippen molar-refractivity contribution >= 4 is 11.7 Å². The Morgan fingerprint density at radius 3 is 2.73 bits per heavy atom. The lowest BCUT2D eigenvalue weighted by atomic mass is 9.90. The van der Waals surface area contributed by atoms with Gasteiger partial charge in [-0.3, -0.25) is 9.59 Å². The third kappa shape index (κ3) is 2.33. The van der Waals surface area contributed by atoms with Crippen molar-refractivity contribution < 1.29 is 14.3 Å². The van der Waals surface area contributed by atoms with Gasteiger partial charge >= 0.3 is 0 Å². The second-order valence-corrected chi connectivity index (χ2v) is 3.42. The first-order chi connectivity index (χ1) is 7.04. The molecule has 1 atom stereocenters. The number of allylic oxidation sites excluding steroid dienone is 2. The number of carbonyl (C=O) groups excluding carboxylic acids is 2. The van der Waals surface area contributed by atoms with Crippen LogP contribution in [0.3, 0.4) is 0 Å². The van der Waals surface area contributed by atoms with Crippen LogP contribution in [0.1, 0.15) is 20.3 Å². The number of hydrogen-bond donors (Lipinski definition) is 1. The van der Waals surface area contributed by atoms with E-state index in [1.807, 2.05) is 6.92 Å². The van der Waals surface area contributed by atoms with Crippen molar-refractivity contribution in [3.8, 4) is 0 Å². The Balaban J connectivity index is 3.04. The van der Waals surface area contributed by atoms with E-state index in [0.717, 1.165) is 0 Å². The number of hydrogen-bond acceptors (Lipinski definition) is 3. The number of carbonyl (C=O) groups is 2. The highest BCUT2D eigenvalue weighted by Gasteiger charge is 2.33. The lowest BCUT2D eigenvalue weighted by Crippen LogP contribution is -2.41. The van der Waals surface area contributed by atoms with Crippen molar-refractivity contribution in [2.45, 2.75) is 25.9 Å². The average Bonchev–Trinajstić information content (AvgIpc) is 2.18. The van der Waals surface area contributed by atoms with Crippen molar-refractivity contribution in [1.29, 1.82) is 0 Å². The molecule has 1 amide bonds. The predicted molar refractivity (Wildman–Crippen MR) is 56.1 cm³/mol. The van der Waals surface area contributed by atoms with Crippen LogP contribution in [-0.2, 0) is 14.3 Å². The van der Waals surface area contributed by atoms with E-state index in [2.05, 4.69) is 5.32 Å². The van der Waals surface area contributed by atoms with E-state index in [1.165, 1.54) is 19.1 Å². The smallest absolute Gasteiger partial charge is 0.221 e. The molecular formula is C11H15NO3. The van der Waals surface area contributed by atoms with Gasteiger partial charge in [-0.2, -0.15) is 0 Å². The molecule has 0 spiro atoms. The van der Waals surface area contributed by atoms with Crippen molar-refractivity contribution in [3.63, 3.8) is 0 Å². The van der Waals surface area contributed by atoms with Crippen molar-refractivity contribution in [2.24, 2.45) is 0 Å². The van der Waals surface area contributed by atoms with E-state index in [-0.39, 0.29) is 11.7 Å². The van der Waals surface area contributed by atoms with E-state index in [0.29, 0.717) is 12.1 Å². The highest BCUT2D eigenvalue weighted by Crippen LogP contribution is 2.27. The summed E-state index contributed by atoms with van der Waals surface area (Å²) < 4.78 is 5.37. The minimum absolute atomic E-state index is 0.139. The third-order valence-electron chi connectivity index (χ3n) is 2.46. The molecule has 1 rings (SSSR count). The molecule has 0 saturated heterocycles. The first kappa shape index (κ1) is 11.7. The topological polar surface area (TPSA) is 55.4 Å². The molecule has 0 fully saturated rings. The summed E-state index contributed by atoms with van der Waals surface area (Å²) in [6.45, 7) is 3.33. The minimum Gasteiger partial charge on any atom is -0.368 e. The Kier molecular flexibility index (Phi) is 3.42. The summed E-state index contributed by atoms with van der Waals surface area (Å²) in [4.78, 5) is 22.2. The van der Waals surface area contributed by atoms with E-state index >= 15 is 0 Å². The third-order valence-corrected chi connectivity index (χ3v) is 2.46. The van der Waals surface area contributed by atoms with Crippen molar-refractivity contribution in [1.82, 2.24) is 5.32 Å². The Hall–Kier alpha value is -1.42. The maximum atomic E-state index is 11.2. The number of amides is 1. The van der Waals surface area contributed by atoms with Crippen LogP contribution in [-0.4, -0.2) is 24.4 Å². The molecule has 0 radical (unpaired) electrons. The fourth-order valence-corrected chi connectivity index (χ4v) is 1.58. The van der Waals surface area contributed by atoms with Crippen LogP contribution in [0.5, 0.6) is 0 Å². The summed E-state index contributed by atoms with van der Waals surface area (Å²) in [6.07, 6.45) is 5.19. The zero-order valence-electron chi connectivity index (χ0n) is 9.16. The van der Waals surface area contributed by atoms with E-state index < -0.39 is 5.60 Å². The second-order valence-electron chi connectivity index (χ2n) is 3.42. The van der Waals surface area contributed by atoms with Gasteiger partial charge in [-0.25, -0.2) is 0 Å². The van der Waals surface area contributed by atoms with Gasteiger partial charge in [-0.15, -0.1) is 0 Å². The molecule has 0 aromatic heterocycles. The van der Waals surface area contributed by atoms with Gasteiger partial charge in [0, 0.05) is 20.1 Å². The standard InChI is InChI=1S/C11H15NO3/c1-4-11(15-3)6-5-9(14)7-10(11)12-8(2)13/h5-7H,4H2,1-3H3,(H,12,13). The van der Waals surface area contributed by atoms with Crippen LogP contribution >= 0.6 is 0 Å². The number of rotatable bonds is 3. The van der Waals surface area contributed by atoms with Crippen LogP contribution in [0.2, 0.25) is 0 Å². The summed E-state index contributed by atoms with van der Waals surface area (Å²) in [7, 11) is 1.55. The summed E-state index contributed by atoms with van der Waals surface area (Å²) in [5, 5.41) is 2.63. The SMILES string of the molecule is CCC1(OC)C=CC(=O)C=C1NC(C)=O. The van der Waals surface area contributed by atoms with E-state index in [1.54, 1.807) is 13.2 Å². The molecule has 1 N–H and O–H groups in total. The molecular weight excluding hydrogens is 194 g/mol. The maximum absolute atomic E-state index is 11.2. The fourth-order valence-electron chi connectivity index (χ4n) is 1.58. The first-order valence-corrected chi connectivity index (χ1v) is 4.82. The van der Waals surface area contributed by atoms with Crippen molar-refractivity contribution in [2.75, 3.05) is 7.11 Å². The summed E-state index contributed by atoms with van der Waals surface area (Å²) in [5.41, 5.74) is -0.174. The lowest BCUT2D eigenvalue weighted by Gasteiger charge is -2.32. The summed E-state index contributed by atoms with van der Waals surface area (Å²) in [6, 6.07) is 0. The van der Waals surface area contributed by atoms with Gasteiger partial charge in [-0.05, 0) is 18.6 Å². The van der Waals surface area contributed by atoms with Gasteiger partial charge in [0.05, 0.1) is 5.70 Å². The van der Waals surface area contributed by atoms with Crippen LogP contribution in [0.15, 0.2) is 23.9 Å². The zero-order chi connectivity index (χ0) is 11.5. The largest absolute Gasteiger partial charge is 0.368 e. The van der Waals surface area contributed by atoms with Gasteiger partial charge in [0.2, 0.25) is 5.91 Å². The van der Waals surface area contributed by atoms with E-state index in [4.69, 9.17) is 4.74 Å². The molecule has 0 aromatic carbocycles. The van der Waals surface area contributed by atoms with Crippen LogP contribution < -0.4 is 5.32 Å². The van der Waals surface area contributed by atoms with Crippen LogP contribution in [0, 0.1) is 0 Å². The number of ketones is 1. The quantitative estimate of drug-likeness (QED) is 0.752. The van der Waals surface area contributed by atoms with Gasteiger partial charge in [0.1, 0.15) is 5.60 Å². The summed E-state index contributed by atoms with van der Waals surface area (Å²) >= 11 is 0. The Morgan fingerprint density at radius 2 is 2.27 bits per heavy atom.